The Morgan fingerprint density at radius 3 is 0.319 bits per heavy atom. The molecular formula is C60H129I3Si9. The van der Waals surface area contributed by atoms with E-state index in [9.17, 15) is 0 Å². The minimum atomic E-state index is -2.65. The van der Waals surface area contributed by atoms with E-state index >= 15 is 0 Å². The van der Waals surface area contributed by atoms with Crippen LogP contribution in [0.3, 0.4) is 0 Å². The van der Waals surface area contributed by atoms with Crippen molar-refractivity contribution in [2.24, 2.45) is 0 Å². The van der Waals surface area contributed by atoms with Crippen LogP contribution in [0.1, 0.15) is 249 Å². The minimum Gasteiger partial charge on any atom is -0.120 e. The largest absolute Gasteiger partial charge is 0.141 e. The van der Waals surface area contributed by atoms with Crippen molar-refractivity contribution in [1.82, 2.24) is 0 Å². The van der Waals surface area contributed by atoms with Crippen molar-refractivity contribution in [3.05, 3.63) is 18.2 Å². The van der Waals surface area contributed by atoms with Crippen LogP contribution in [0.5, 0.6) is 0 Å². The van der Waals surface area contributed by atoms with E-state index in [0.29, 0.717) is 0 Å². The van der Waals surface area contributed by atoms with Crippen LogP contribution in [0.25, 0.3) is 0 Å². The average Bonchev–Trinajstić information content (AvgIpc) is 3.08. The summed E-state index contributed by atoms with van der Waals surface area (Å²) in [5, 5.41) is 7.91. The predicted octanol–water partition coefficient (Wildman–Crippen LogP) is 23.0. The third-order valence-electron chi connectivity index (χ3n) is 24.3. The van der Waals surface area contributed by atoms with Crippen LogP contribution in [-0.2, 0) is 0 Å². The Morgan fingerprint density at radius 1 is 0.194 bits per heavy atom. The highest BCUT2D eigenvalue weighted by molar-refractivity contribution is 14.1. The van der Waals surface area contributed by atoms with Gasteiger partial charge in [-0.2, -0.15) is 0 Å². The van der Waals surface area contributed by atoms with Gasteiger partial charge in [0.25, 0.3) is 0 Å². The van der Waals surface area contributed by atoms with Crippen molar-refractivity contribution < 1.29 is 0 Å². The van der Waals surface area contributed by atoms with E-state index in [1.807, 2.05) is 15.6 Å². The summed E-state index contributed by atoms with van der Waals surface area (Å²) in [6.45, 7) is 117. The molecule has 1 rings (SSSR count). The third kappa shape index (κ3) is 10.1. The Hall–Kier alpha value is 3.36. The molecule has 426 valence electrons. The maximum atomic E-state index is 3.54. The normalized spacial score (nSPS) is 17.0. The molecule has 0 saturated heterocycles. The molecule has 0 aliphatic rings. The van der Waals surface area contributed by atoms with E-state index in [1.165, 1.54) is 0 Å². The van der Waals surface area contributed by atoms with Gasteiger partial charge >= 0.3 is 0 Å². The number of rotatable bonds is 9. The Balaban J connectivity index is 6.51. The summed E-state index contributed by atoms with van der Waals surface area (Å²) in [5.74, 6) is 0. The van der Waals surface area contributed by atoms with Crippen molar-refractivity contribution in [2.45, 2.75) is 349 Å². The highest BCUT2D eigenvalue weighted by Gasteiger charge is 2.79. The molecule has 0 amide bonds. The van der Waals surface area contributed by atoms with Gasteiger partial charge < -0.3 is 0 Å². The highest BCUT2D eigenvalue weighted by Crippen LogP contribution is 2.70. The van der Waals surface area contributed by atoms with E-state index in [2.05, 4.69) is 372 Å². The molecule has 12 heteroatoms. The molecule has 0 atom stereocenters. The van der Waals surface area contributed by atoms with E-state index < -0.39 is 59.4 Å². The average molecular weight is 1480 g/mol. The van der Waals surface area contributed by atoms with Gasteiger partial charge in [-0.15, -0.1) is 65.4 Å². The molecule has 0 radical (unpaired) electrons. The van der Waals surface area contributed by atoms with Gasteiger partial charge in [0, 0.05) is 0 Å². The summed E-state index contributed by atoms with van der Waals surface area (Å²) < 4.78 is -7.95. The van der Waals surface area contributed by atoms with Crippen LogP contribution in [0.4, 0.5) is 0 Å². The van der Waals surface area contributed by atoms with E-state index in [4.69, 9.17) is 0 Å². The number of benzene rings is 1. The highest BCUT2D eigenvalue weighted by atomic mass is 127. The quantitative estimate of drug-likeness (QED) is 0.131. The molecule has 0 aliphatic heterocycles. The van der Waals surface area contributed by atoms with Gasteiger partial charge in [0.1, 0.15) is 13.8 Å². The lowest BCUT2D eigenvalue weighted by Crippen LogP contribution is -2.90. The first-order chi connectivity index (χ1) is 30.3. The van der Waals surface area contributed by atoms with Crippen LogP contribution in [-0.4, -0.2) is 59.4 Å². The lowest BCUT2D eigenvalue weighted by Gasteiger charge is -2.70. The van der Waals surface area contributed by atoms with Crippen molar-refractivity contribution in [1.29, 1.82) is 0 Å². The fourth-order valence-electron chi connectivity index (χ4n) is 17.4. The van der Waals surface area contributed by atoms with Crippen LogP contribution < -0.4 is 15.6 Å². The molecule has 0 saturated carbocycles. The monoisotopic (exact) mass is 1480 g/mol. The number of hydrogen-bond acceptors (Lipinski definition) is 0. The molecule has 0 spiro atoms. The number of hydrogen-bond donors (Lipinski definition) is 0. The van der Waals surface area contributed by atoms with Crippen molar-refractivity contribution in [3.8, 4) is 0 Å². The Kier molecular flexibility index (Phi) is 20.4. The smallest absolute Gasteiger partial charge is 0.120 e. The molecule has 0 N–H and O–H groups in total. The Labute approximate surface area is 501 Å². The minimum absolute atomic E-state index is 0.178. The zero-order valence-electron chi connectivity index (χ0n) is 56.9. The second-order valence-corrected chi connectivity index (χ2v) is 144. The molecule has 72 heavy (non-hydrogen) atoms. The van der Waals surface area contributed by atoms with Crippen LogP contribution >= 0.6 is 65.4 Å². The van der Waals surface area contributed by atoms with Crippen LogP contribution in [0.2, 0.25) is 99.7 Å². The van der Waals surface area contributed by atoms with E-state index in [0.717, 1.165) is 0 Å². The van der Waals surface area contributed by atoms with Gasteiger partial charge in [0.2, 0.25) is 0 Å². The second kappa shape index (κ2) is 20.0. The molecule has 0 bridgehead atoms. The van der Waals surface area contributed by atoms with Crippen molar-refractivity contribution in [2.75, 3.05) is 0 Å². The first-order valence-electron chi connectivity index (χ1n) is 28.5. The van der Waals surface area contributed by atoms with Gasteiger partial charge in [0.15, 0.2) is 0 Å². The molecule has 0 unspecified atom stereocenters. The first-order valence-corrected chi connectivity index (χ1v) is 64.9. The molecule has 0 heterocycles. The topological polar surface area (TPSA) is 0 Å². The maximum absolute atomic E-state index is 3.54. The van der Waals surface area contributed by atoms with Crippen LogP contribution in [0, 0.1) is 0 Å². The SMILES string of the molecule is CC(C)(C)[Si](C)(C(C)(C)C)[Si](I)(c1cc([Si](I)([Si](C)(C(C)(C)C)C(C)(C)C)[Si](C)(C(C)(C)C)C(C)(C)C)cc([Si](I)([Si](C)(C(C)(C)C)C(C)(C)C)[Si](C)(C(C)(C)C)C(C)(C)C)c1)[Si](C)(C(C)(C)C)C(C)(C)C. The molecule has 0 fully saturated rings. The lowest BCUT2D eigenvalue weighted by molar-refractivity contribution is 0.625. The van der Waals surface area contributed by atoms with Crippen molar-refractivity contribution >= 4 is 140 Å². The summed E-state index contributed by atoms with van der Waals surface area (Å²) in [5.41, 5.74) is 0. The van der Waals surface area contributed by atoms with Crippen LogP contribution in [0.15, 0.2) is 18.2 Å². The Morgan fingerprint density at radius 2 is 0.264 bits per heavy atom. The molecule has 0 nitrogen and oxygen atoms in total. The molecule has 0 aromatic heterocycles. The maximum Gasteiger partial charge on any atom is 0.141 e. The summed E-state index contributed by atoms with van der Waals surface area (Å²) in [6.07, 6.45) is 0. The summed E-state index contributed by atoms with van der Waals surface area (Å²) in [6, 6.07) is 9.63. The molecule has 1 aromatic rings. The predicted molar refractivity (Wildman–Crippen MR) is 391 cm³/mol. The van der Waals surface area contributed by atoms with Gasteiger partial charge in [-0.3, -0.25) is 0 Å². The second-order valence-electron chi connectivity index (χ2n) is 37.5. The third-order valence-corrected chi connectivity index (χ3v) is 220. The number of halogens is 3. The zero-order chi connectivity index (χ0) is 59.4. The van der Waals surface area contributed by atoms with E-state index in [1.54, 1.807) is 0 Å². The standard InChI is InChI=1S/C60H129I3Si9/c1-49(2,3)64(37,50(4,5)6)70(61,65(38,51(7,8)9)52(10,11)12)46-43-47(71(62,66(39,53(13,14)15)54(16,17)18)67(40,55(19,20)21)56(22,23)24)45-48(44-46)72(63,68(41,57(25,26)27)58(28,29)30)69(42,59(31,32)33)60(34,35)36/h43-45H,1-42H3. The van der Waals surface area contributed by atoms with Gasteiger partial charge in [0.05, 0.1) is 45.5 Å². The fourth-order valence-corrected chi connectivity index (χ4v) is 269. The van der Waals surface area contributed by atoms with Gasteiger partial charge in [-0.25, -0.2) is 0 Å². The molecular weight excluding hydrogens is 1350 g/mol. The lowest BCUT2D eigenvalue weighted by atomic mass is 10.2. The summed E-state index contributed by atoms with van der Waals surface area (Å²) in [4.78, 5) is 0. The van der Waals surface area contributed by atoms with Crippen molar-refractivity contribution in [3.63, 3.8) is 0 Å². The Bertz CT molecular complexity index is 1640. The fraction of sp³-hybridized carbons (Fsp3) is 0.900. The summed E-state index contributed by atoms with van der Waals surface area (Å²) >= 11 is 10.6. The molecule has 0 aliphatic carbocycles. The van der Waals surface area contributed by atoms with Gasteiger partial charge in [-0.05, 0) is 60.5 Å². The molecule has 1 aromatic carbocycles. The zero-order valence-corrected chi connectivity index (χ0v) is 72.3. The summed E-state index contributed by atoms with van der Waals surface area (Å²) in [7, 11) is -14.3. The van der Waals surface area contributed by atoms with E-state index in [-0.39, 0.29) is 60.5 Å². The first kappa shape index (κ1) is 73.4. The van der Waals surface area contributed by atoms with Gasteiger partial charge in [-0.1, -0.05) is 322 Å².